The number of methoxy groups -OCH3 is 1. The number of carbonyl (C=O) groups is 2. The predicted octanol–water partition coefficient (Wildman–Crippen LogP) is 1.21. The first-order chi connectivity index (χ1) is 7.20. The second-order valence-corrected chi connectivity index (χ2v) is 3.05. The van der Waals surface area contributed by atoms with Gasteiger partial charge in [0.2, 0.25) is 6.41 Å². The van der Waals surface area contributed by atoms with Crippen molar-refractivity contribution in [2.24, 2.45) is 0 Å². The maximum absolute atomic E-state index is 11.3. The molecule has 0 saturated heterocycles. The summed E-state index contributed by atoms with van der Waals surface area (Å²) in [5, 5.41) is 0. The highest BCUT2D eigenvalue weighted by Gasteiger charge is 2.21. The molecule has 4 heteroatoms. The number of anilines is 1. The molecule has 0 aliphatic carbocycles. The van der Waals surface area contributed by atoms with E-state index in [1.165, 1.54) is 12.0 Å². The van der Waals surface area contributed by atoms with Crippen molar-refractivity contribution >= 4 is 18.1 Å². The lowest BCUT2D eigenvalue weighted by Crippen LogP contribution is -2.38. The maximum Gasteiger partial charge on any atom is 0.328 e. The fourth-order valence-corrected chi connectivity index (χ4v) is 1.26. The maximum atomic E-state index is 11.3. The van der Waals surface area contributed by atoms with E-state index in [4.69, 9.17) is 0 Å². The Hall–Kier alpha value is -1.84. The van der Waals surface area contributed by atoms with Gasteiger partial charge in [-0.25, -0.2) is 4.79 Å². The van der Waals surface area contributed by atoms with Gasteiger partial charge in [0.15, 0.2) is 0 Å². The van der Waals surface area contributed by atoms with E-state index in [1.54, 1.807) is 31.2 Å². The van der Waals surface area contributed by atoms with Gasteiger partial charge >= 0.3 is 5.97 Å². The van der Waals surface area contributed by atoms with Crippen LogP contribution in [0.15, 0.2) is 30.3 Å². The van der Waals surface area contributed by atoms with Crippen molar-refractivity contribution in [3.05, 3.63) is 30.3 Å². The number of esters is 1. The molecule has 1 amide bonds. The summed E-state index contributed by atoms with van der Waals surface area (Å²) in [5.74, 6) is -0.439. The van der Waals surface area contributed by atoms with E-state index < -0.39 is 12.0 Å². The van der Waals surface area contributed by atoms with Gasteiger partial charge in [0.1, 0.15) is 6.04 Å². The van der Waals surface area contributed by atoms with E-state index in [0.29, 0.717) is 12.1 Å². The summed E-state index contributed by atoms with van der Waals surface area (Å²) in [6, 6.07) is 8.35. The quantitative estimate of drug-likeness (QED) is 0.550. The summed E-state index contributed by atoms with van der Waals surface area (Å²) in [6.07, 6.45) is 0.622. The first kappa shape index (κ1) is 11.2. The number of ether oxygens (including phenoxy) is 1. The molecule has 0 aromatic heterocycles. The van der Waals surface area contributed by atoms with Gasteiger partial charge in [-0.15, -0.1) is 0 Å². The SMILES string of the molecule is COC(=O)C(C)N(C=O)c1ccccc1. The summed E-state index contributed by atoms with van der Waals surface area (Å²) in [5.41, 5.74) is 0.672. The lowest BCUT2D eigenvalue weighted by molar-refractivity contribution is -0.142. The summed E-state index contributed by atoms with van der Waals surface area (Å²) in [7, 11) is 1.30. The zero-order chi connectivity index (χ0) is 11.3. The smallest absolute Gasteiger partial charge is 0.328 e. The van der Waals surface area contributed by atoms with Gasteiger partial charge in [-0.3, -0.25) is 4.79 Å². The van der Waals surface area contributed by atoms with Crippen LogP contribution in [0.1, 0.15) is 6.92 Å². The van der Waals surface area contributed by atoms with Gasteiger partial charge in [-0.05, 0) is 19.1 Å². The largest absolute Gasteiger partial charge is 0.467 e. The molecule has 15 heavy (non-hydrogen) atoms. The van der Waals surface area contributed by atoms with Crippen LogP contribution in [0.2, 0.25) is 0 Å². The lowest BCUT2D eigenvalue weighted by Gasteiger charge is -2.22. The molecular weight excluding hydrogens is 194 g/mol. The van der Waals surface area contributed by atoms with E-state index in [-0.39, 0.29) is 0 Å². The molecule has 1 aromatic carbocycles. The highest BCUT2D eigenvalue weighted by molar-refractivity contribution is 5.88. The summed E-state index contributed by atoms with van der Waals surface area (Å²) >= 11 is 0. The van der Waals surface area contributed by atoms with Crippen molar-refractivity contribution in [2.45, 2.75) is 13.0 Å². The molecule has 0 N–H and O–H groups in total. The zero-order valence-corrected chi connectivity index (χ0v) is 8.71. The summed E-state index contributed by atoms with van der Waals surface area (Å²) in [6.45, 7) is 1.62. The molecule has 0 aliphatic heterocycles. The van der Waals surface area contributed by atoms with E-state index in [2.05, 4.69) is 4.74 Å². The Morgan fingerprint density at radius 2 is 2.00 bits per heavy atom. The first-order valence-electron chi connectivity index (χ1n) is 4.57. The van der Waals surface area contributed by atoms with Crippen LogP contribution in [0.3, 0.4) is 0 Å². The Bertz CT molecular complexity index is 337. The number of rotatable bonds is 4. The van der Waals surface area contributed by atoms with Crippen LogP contribution < -0.4 is 4.90 Å². The third kappa shape index (κ3) is 2.56. The second kappa shape index (κ2) is 5.14. The van der Waals surface area contributed by atoms with Crippen molar-refractivity contribution in [3.63, 3.8) is 0 Å². The monoisotopic (exact) mass is 207 g/mol. The van der Waals surface area contributed by atoms with E-state index >= 15 is 0 Å². The zero-order valence-electron chi connectivity index (χ0n) is 8.71. The second-order valence-electron chi connectivity index (χ2n) is 3.05. The molecule has 1 atom stereocenters. The molecule has 80 valence electrons. The Balaban J connectivity index is 2.89. The summed E-state index contributed by atoms with van der Waals surface area (Å²) < 4.78 is 4.58. The number of para-hydroxylation sites is 1. The van der Waals surface area contributed by atoms with Crippen molar-refractivity contribution in [3.8, 4) is 0 Å². The number of hydrogen-bond acceptors (Lipinski definition) is 3. The van der Waals surface area contributed by atoms with E-state index in [1.807, 2.05) is 6.07 Å². The molecule has 0 heterocycles. The highest BCUT2D eigenvalue weighted by atomic mass is 16.5. The molecule has 1 aromatic rings. The number of nitrogens with zero attached hydrogens (tertiary/aromatic N) is 1. The van der Waals surface area contributed by atoms with Crippen LogP contribution in [-0.2, 0) is 14.3 Å². The molecule has 0 bridgehead atoms. The Morgan fingerprint density at radius 1 is 1.40 bits per heavy atom. The predicted molar refractivity (Wildman–Crippen MR) is 56.5 cm³/mol. The molecule has 0 spiro atoms. The van der Waals surface area contributed by atoms with Crippen molar-refractivity contribution in [1.29, 1.82) is 0 Å². The minimum absolute atomic E-state index is 0.439. The Morgan fingerprint density at radius 3 is 2.47 bits per heavy atom. The van der Waals surface area contributed by atoms with Gasteiger partial charge in [0, 0.05) is 5.69 Å². The Labute approximate surface area is 88.5 Å². The normalized spacial score (nSPS) is 11.6. The van der Waals surface area contributed by atoms with Crippen LogP contribution in [0.5, 0.6) is 0 Å². The number of carbonyl (C=O) groups excluding carboxylic acids is 2. The number of hydrogen-bond donors (Lipinski definition) is 0. The molecule has 0 aliphatic rings. The molecule has 4 nitrogen and oxygen atoms in total. The number of amides is 1. The van der Waals surface area contributed by atoms with Gasteiger partial charge < -0.3 is 9.64 Å². The average molecular weight is 207 g/mol. The Kier molecular flexibility index (Phi) is 3.85. The van der Waals surface area contributed by atoms with Crippen LogP contribution in [0.4, 0.5) is 5.69 Å². The first-order valence-corrected chi connectivity index (χ1v) is 4.57. The minimum Gasteiger partial charge on any atom is -0.467 e. The molecule has 0 saturated carbocycles. The van der Waals surface area contributed by atoms with Crippen LogP contribution in [0.25, 0.3) is 0 Å². The third-order valence-corrected chi connectivity index (χ3v) is 2.13. The molecular formula is C11H13NO3. The van der Waals surface area contributed by atoms with Crippen molar-refractivity contribution in [2.75, 3.05) is 12.0 Å². The van der Waals surface area contributed by atoms with Gasteiger partial charge in [-0.1, -0.05) is 18.2 Å². The van der Waals surface area contributed by atoms with Crippen molar-refractivity contribution in [1.82, 2.24) is 0 Å². The standard InChI is InChI=1S/C11H13NO3/c1-9(11(14)15-2)12(8-13)10-6-4-3-5-7-10/h3-9H,1-2H3. The fourth-order valence-electron chi connectivity index (χ4n) is 1.26. The van der Waals surface area contributed by atoms with Crippen molar-refractivity contribution < 1.29 is 14.3 Å². The van der Waals surface area contributed by atoms with E-state index in [0.717, 1.165) is 0 Å². The van der Waals surface area contributed by atoms with Crippen LogP contribution in [-0.4, -0.2) is 25.5 Å². The topological polar surface area (TPSA) is 46.6 Å². The number of benzene rings is 1. The lowest BCUT2D eigenvalue weighted by atomic mass is 10.2. The molecule has 1 rings (SSSR count). The average Bonchev–Trinajstić information content (AvgIpc) is 2.30. The third-order valence-electron chi connectivity index (χ3n) is 2.13. The molecule has 1 unspecified atom stereocenters. The summed E-state index contributed by atoms with van der Waals surface area (Å²) in [4.78, 5) is 23.5. The van der Waals surface area contributed by atoms with Crippen LogP contribution >= 0.6 is 0 Å². The highest BCUT2D eigenvalue weighted by Crippen LogP contribution is 2.14. The minimum atomic E-state index is -0.616. The van der Waals surface area contributed by atoms with Gasteiger partial charge in [-0.2, -0.15) is 0 Å². The van der Waals surface area contributed by atoms with E-state index in [9.17, 15) is 9.59 Å². The molecule has 0 fully saturated rings. The van der Waals surface area contributed by atoms with Gasteiger partial charge in [0.05, 0.1) is 7.11 Å². The van der Waals surface area contributed by atoms with Crippen LogP contribution in [0, 0.1) is 0 Å². The fraction of sp³-hybridized carbons (Fsp3) is 0.273. The molecule has 0 radical (unpaired) electrons. The van der Waals surface area contributed by atoms with Gasteiger partial charge in [0.25, 0.3) is 0 Å².